The number of halogens is 1. The molecule has 0 unspecified atom stereocenters. The van der Waals surface area contributed by atoms with Crippen LogP contribution in [0.1, 0.15) is 12.0 Å². The molecule has 1 aromatic carbocycles. The van der Waals surface area contributed by atoms with Crippen molar-refractivity contribution in [3.63, 3.8) is 0 Å². The van der Waals surface area contributed by atoms with Gasteiger partial charge in [-0.05, 0) is 24.6 Å². The number of nitrogens with two attached hydrogens (primary N) is 1. The maximum Gasteiger partial charge on any atom is 0.140 e. The molecule has 0 heterocycles. The van der Waals surface area contributed by atoms with Crippen LogP contribution in [-0.4, -0.2) is 24.1 Å². The van der Waals surface area contributed by atoms with Crippen molar-refractivity contribution >= 4 is 5.84 Å². The highest BCUT2D eigenvalue weighted by Crippen LogP contribution is 2.05. The van der Waals surface area contributed by atoms with E-state index >= 15 is 0 Å². The van der Waals surface area contributed by atoms with Gasteiger partial charge in [-0.1, -0.05) is 23.4 Å². The molecule has 16 heavy (non-hydrogen) atoms. The number of rotatable bonds is 6. The lowest BCUT2D eigenvalue weighted by Crippen LogP contribution is -2.24. The van der Waals surface area contributed by atoms with Gasteiger partial charge in [0, 0.05) is 13.0 Å². The lowest BCUT2D eigenvalue weighted by atomic mass is 10.1. The molecular weight excluding hydrogens is 209 g/mol. The second-order valence-electron chi connectivity index (χ2n) is 3.43. The van der Waals surface area contributed by atoms with E-state index in [9.17, 15) is 4.39 Å². The summed E-state index contributed by atoms with van der Waals surface area (Å²) < 4.78 is 13.2. The fourth-order valence-corrected chi connectivity index (χ4v) is 1.32. The first-order valence-electron chi connectivity index (χ1n) is 5.14. The highest BCUT2D eigenvalue weighted by Gasteiger charge is 1.99. The molecule has 1 aromatic rings. The minimum absolute atomic E-state index is 0.180. The molecule has 0 fully saturated rings. The van der Waals surface area contributed by atoms with Gasteiger partial charge in [0.1, 0.15) is 11.7 Å². The van der Waals surface area contributed by atoms with Crippen molar-refractivity contribution in [2.75, 3.05) is 13.1 Å². The summed E-state index contributed by atoms with van der Waals surface area (Å²) in [5, 5.41) is 14.2. The first-order valence-corrected chi connectivity index (χ1v) is 5.14. The molecule has 0 saturated heterocycles. The number of nitrogens with one attached hydrogen (secondary N) is 1. The average molecular weight is 225 g/mol. The van der Waals surface area contributed by atoms with Crippen LogP contribution in [0.25, 0.3) is 0 Å². The Morgan fingerprint density at radius 1 is 1.38 bits per heavy atom. The second-order valence-corrected chi connectivity index (χ2v) is 3.43. The maximum atomic E-state index is 13.2. The molecule has 0 aromatic heterocycles. The van der Waals surface area contributed by atoms with E-state index < -0.39 is 0 Å². The summed E-state index contributed by atoms with van der Waals surface area (Å²) in [4.78, 5) is 0. The van der Waals surface area contributed by atoms with Crippen molar-refractivity contribution in [3.05, 3.63) is 35.6 Å². The van der Waals surface area contributed by atoms with E-state index in [1.807, 2.05) is 6.07 Å². The Labute approximate surface area is 94.0 Å². The van der Waals surface area contributed by atoms with Crippen molar-refractivity contribution in [1.29, 1.82) is 0 Å². The average Bonchev–Trinajstić information content (AvgIpc) is 2.30. The predicted octanol–water partition coefficient (Wildman–Crippen LogP) is 1.09. The van der Waals surface area contributed by atoms with E-state index in [4.69, 9.17) is 10.9 Å². The monoisotopic (exact) mass is 225 g/mol. The Morgan fingerprint density at radius 3 is 2.81 bits per heavy atom. The van der Waals surface area contributed by atoms with Gasteiger partial charge in [0.15, 0.2) is 0 Å². The van der Waals surface area contributed by atoms with Gasteiger partial charge >= 0.3 is 0 Å². The zero-order chi connectivity index (χ0) is 11.8. The van der Waals surface area contributed by atoms with Crippen molar-refractivity contribution < 1.29 is 9.60 Å². The van der Waals surface area contributed by atoms with Crippen LogP contribution in [0.5, 0.6) is 0 Å². The molecule has 0 amide bonds. The van der Waals surface area contributed by atoms with Crippen molar-refractivity contribution in [2.45, 2.75) is 12.8 Å². The molecular formula is C11H16FN3O. The highest BCUT2D eigenvalue weighted by atomic mass is 19.1. The molecule has 0 radical (unpaired) electrons. The summed E-state index contributed by atoms with van der Waals surface area (Å²) in [6.45, 7) is 1.28. The van der Waals surface area contributed by atoms with Gasteiger partial charge in [0.25, 0.3) is 0 Å². The van der Waals surface area contributed by atoms with E-state index in [-0.39, 0.29) is 11.7 Å². The smallest absolute Gasteiger partial charge is 0.140 e. The SMILES string of the molecule is NC(CCNCCc1ccccc1F)=NO. The number of amidine groups is 1. The number of nitrogens with zero attached hydrogens (tertiary/aromatic N) is 1. The van der Waals surface area contributed by atoms with Crippen LogP contribution in [-0.2, 0) is 6.42 Å². The van der Waals surface area contributed by atoms with Crippen molar-refractivity contribution in [3.8, 4) is 0 Å². The van der Waals surface area contributed by atoms with Crippen LogP contribution >= 0.6 is 0 Å². The third-order valence-electron chi connectivity index (χ3n) is 2.22. The molecule has 4 nitrogen and oxygen atoms in total. The quantitative estimate of drug-likeness (QED) is 0.223. The third-order valence-corrected chi connectivity index (χ3v) is 2.22. The van der Waals surface area contributed by atoms with Gasteiger partial charge in [-0.25, -0.2) is 4.39 Å². The summed E-state index contributed by atoms with van der Waals surface area (Å²) in [6, 6.07) is 6.70. The number of oxime groups is 1. The number of hydrogen-bond donors (Lipinski definition) is 3. The minimum atomic E-state index is -0.180. The lowest BCUT2D eigenvalue weighted by Gasteiger charge is -2.05. The molecule has 4 N–H and O–H groups in total. The van der Waals surface area contributed by atoms with Crippen LogP contribution in [0.2, 0.25) is 0 Å². The fraction of sp³-hybridized carbons (Fsp3) is 0.364. The van der Waals surface area contributed by atoms with Crippen molar-refractivity contribution in [2.24, 2.45) is 10.9 Å². The molecule has 0 bridgehead atoms. The van der Waals surface area contributed by atoms with Crippen LogP contribution < -0.4 is 11.1 Å². The summed E-state index contributed by atoms with van der Waals surface area (Å²) >= 11 is 0. The van der Waals surface area contributed by atoms with E-state index in [2.05, 4.69) is 10.5 Å². The number of benzene rings is 1. The Kier molecular flexibility index (Phi) is 5.28. The lowest BCUT2D eigenvalue weighted by molar-refractivity contribution is 0.316. The van der Waals surface area contributed by atoms with E-state index in [0.717, 1.165) is 0 Å². The summed E-state index contributed by atoms with van der Waals surface area (Å²) in [5.41, 5.74) is 5.98. The summed E-state index contributed by atoms with van der Waals surface area (Å²) in [7, 11) is 0. The van der Waals surface area contributed by atoms with Gasteiger partial charge in [-0.2, -0.15) is 0 Å². The Morgan fingerprint density at radius 2 is 2.12 bits per heavy atom. The highest BCUT2D eigenvalue weighted by molar-refractivity contribution is 5.79. The van der Waals surface area contributed by atoms with E-state index in [1.54, 1.807) is 12.1 Å². The first kappa shape index (κ1) is 12.4. The van der Waals surface area contributed by atoms with Gasteiger partial charge in [0.05, 0.1) is 0 Å². The van der Waals surface area contributed by atoms with Crippen molar-refractivity contribution in [1.82, 2.24) is 5.32 Å². The van der Waals surface area contributed by atoms with Gasteiger partial charge in [-0.3, -0.25) is 0 Å². The Bertz CT molecular complexity index is 355. The van der Waals surface area contributed by atoms with E-state index in [1.165, 1.54) is 6.07 Å². The Hall–Kier alpha value is -1.62. The molecule has 0 spiro atoms. The molecule has 0 aliphatic heterocycles. The van der Waals surface area contributed by atoms with Gasteiger partial charge < -0.3 is 16.3 Å². The Balaban J connectivity index is 2.19. The molecule has 5 heteroatoms. The van der Waals surface area contributed by atoms with Crippen LogP contribution in [0, 0.1) is 5.82 Å². The van der Waals surface area contributed by atoms with Crippen LogP contribution in [0.3, 0.4) is 0 Å². The van der Waals surface area contributed by atoms with Gasteiger partial charge in [0.2, 0.25) is 0 Å². The molecule has 0 saturated carbocycles. The van der Waals surface area contributed by atoms with Crippen LogP contribution in [0.4, 0.5) is 4.39 Å². The molecule has 88 valence electrons. The van der Waals surface area contributed by atoms with E-state index in [0.29, 0.717) is 31.5 Å². The minimum Gasteiger partial charge on any atom is -0.409 e. The topological polar surface area (TPSA) is 70.6 Å². The largest absolute Gasteiger partial charge is 0.409 e. The summed E-state index contributed by atoms with van der Waals surface area (Å²) in [6.07, 6.45) is 1.11. The predicted molar refractivity (Wildman–Crippen MR) is 61.0 cm³/mol. The zero-order valence-electron chi connectivity index (χ0n) is 8.99. The zero-order valence-corrected chi connectivity index (χ0v) is 8.99. The number of hydrogen-bond acceptors (Lipinski definition) is 3. The molecule has 0 aliphatic carbocycles. The molecule has 0 aliphatic rings. The fourth-order valence-electron chi connectivity index (χ4n) is 1.32. The normalized spacial score (nSPS) is 11.7. The standard InChI is InChI=1S/C11H16FN3O/c12-10-4-2-1-3-9(10)5-7-14-8-6-11(13)15-16/h1-4,14,16H,5-8H2,(H2,13,15). The maximum absolute atomic E-state index is 13.2. The third kappa shape index (κ3) is 4.27. The van der Waals surface area contributed by atoms with Crippen LogP contribution in [0.15, 0.2) is 29.4 Å². The van der Waals surface area contributed by atoms with Gasteiger partial charge in [-0.15, -0.1) is 0 Å². The first-order chi connectivity index (χ1) is 7.74. The molecule has 0 atom stereocenters. The second kappa shape index (κ2) is 6.79. The summed E-state index contributed by atoms with van der Waals surface area (Å²) in [5.74, 6) is 0.0131. The molecule has 1 rings (SSSR count).